The molecule has 146 valence electrons. The molecule has 0 atom stereocenters. The van der Waals surface area contributed by atoms with Crippen LogP contribution in [-0.4, -0.2) is 54.3 Å². The number of hydrogen-bond acceptors (Lipinski definition) is 6. The van der Waals surface area contributed by atoms with Gasteiger partial charge in [0.05, 0.1) is 27.3 Å². The van der Waals surface area contributed by atoms with Crippen LogP contribution in [0.3, 0.4) is 0 Å². The van der Waals surface area contributed by atoms with E-state index in [2.05, 4.69) is 39.2 Å². The van der Waals surface area contributed by atoms with Gasteiger partial charge in [-0.25, -0.2) is 4.98 Å². The van der Waals surface area contributed by atoms with Gasteiger partial charge >= 0.3 is 0 Å². The van der Waals surface area contributed by atoms with Crippen LogP contribution in [0.4, 0.5) is 11.4 Å². The lowest BCUT2D eigenvalue weighted by molar-refractivity contribution is -0.113. The maximum atomic E-state index is 12.6. The number of nitrogens with zero attached hydrogens (tertiary/aromatic N) is 3. The van der Waals surface area contributed by atoms with Crippen molar-refractivity contribution in [1.82, 2.24) is 9.88 Å². The molecule has 0 aliphatic carbocycles. The highest BCUT2D eigenvalue weighted by Crippen LogP contribution is 2.30. The molecule has 3 aromatic rings. The molecule has 1 amide bonds. The van der Waals surface area contributed by atoms with Crippen LogP contribution in [-0.2, 0) is 4.79 Å². The fourth-order valence-electron chi connectivity index (χ4n) is 3.39. The van der Waals surface area contributed by atoms with Crippen LogP contribution < -0.4 is 10.2 Å². The molecule has 5 nitrogen and oxygen atoms in total. The molecule has 0 unspecified atom stereocenters. The minimum absolute atomic E-state index is 0.00361. The second-order valence-electron chi connectivity index (χ2n) is 6.72. The molecule has 2 heterocycles. The van der Waals surface area contributed by atoms with Crippen molar-refractivity contribution in [1.29, 1.82) is 0 Å². The number of nitrogens with one attached hydrogen (secondary N) is 1. The van der Waals surface area contributed by atoms with E-state index in [1.807, 2.05) is 36.4 Å². The SMILES string of the molecule is CCN1CCN(c2ccccc2NC(=O)CSc2nc3ccccc3s2)CC1. The van der Waals surface area contributed by atoms with E-state index in [0.29, 0.717) is 5.75 Å². The van der Waals surface area contributed by atoms with E-state index in [1.165, 1.54) is 11.8 Å². The Morgan fingerprint density at radius 3 is 2.64 bits per heavy atom. The monoisotopic (exact) mass is 412 g/mol. The number of rotatable bonds is 6. The van der Waals surface area contributed by atoms with Crippen LogP contribution in [0, 0.1) is 0 Å². The zero-order valence-electron chi connectivity index (χ0n) is 15.9. The van der Waals surface area contributed by atoms with Gasteiger partial charge in [-0.15, -0.1) is 11.3 Å². The zero-order valence-corrected chi connectivity index (χ0v) is 17.6. The summed E-state index contributed by atoms with van der Waals surface area (Å²) in [5.74, 6) is 0.363. The topological polar surface area (TPSA) is 48.5 Å². The van der Waals surface area contributed by atoms with Crippen LogP contribution in [0.25, 0.3) is 10.2 Å². The van der Waals surface area contributed by atoms with Crippen molar-refractivity contribution >= 4 is 50.6 Å². The van der Waals surface area contributed by atoms with Crippen LogP contribution in [0.1, 0.15) is 6.92 Å². The Kier molecular flexibility index (Phi) is 6.14. The number of anilines is 2. The summed E-state index contributed by atoms with van der Waals surface area (Å²) in [6.45, 7) is 7.39. The number of likely N-dealkylation sites (N-methyl/N-ethyl adjacent to an activating group) is 1. The smallest absolute Gasteiger partial charge is 0.234 e. The number of hydrogen-bond donors (Lipinski definition) is 1. The third kappa shape index (κ3) is 4.48. The van der Waals surface area contributed by atoms with E-state index in [9.17, 15) is 4.79 Å². The maximum absolute atomic E-state index is 12.6. The highest BCUT2D eigenvalue weighted by atomic mass is 32.2. The molecule has 0 saturated carbocycles. The van der Waals surface area contributed by atoms with Crippen molar-refractivity contribution in [2.24, 2.45) is 0 Å². The number of fused-ring (bicyclic) bond motifs is 1. The first-order valence-corrected chi connectivity index (χ1v) is 11.4. The molecular formula is C21H24N4OS2. The van der Waals surface area contributed by atoms with E-state index in [0.717, 1.165) is 58.7 Å². The summed E-state index contributed by atoms with van der Waals surface area (Å²) < 4.78 is 2.09. The van der Waals surface area contributed by atoms with Crippen molar-refractivity contribution in [2.75, 3.05) is 48.7 Å². The lowest BCUT2D eigenvalue weighted by Crippen LogP contribution is -2.46. The summed E-state index contributed by atoms with van der Waals surface area (Å²) in [6.07, 6.45) is 0. The average molecular weight is 413 g/mol. The highest BCUT2D eigenvalue weighted by Gasteiger charge is 2.19. The second kappa shape index (κ2) is 8.94. The van der Waals surface area contributed by atoms with Gasteiger partial charge in [-0.2, -0.15) is 0 Å². The molecule has 1 aromatic heterocycles. The van der Waals surface area contributed by atoms with Crippen molar-refractivity contribution in [2.45, 2.75) is 11.3 Å². The first kappa shape index (κ1) is 19.2. The van der Waals surface area contributed by atoms with E-state index < -0.39 is 0 Å². The summed E-state index contributed by atoms with van der Waals surface area (Å²) in [7, 11) is 0. The quantitative estimate of drug-likeness (QED) is 0.616. The molecule has 1 aliphatic rings. The summed E-state index contributed by atoms with van der Waals surface area (Å²) in [4.78, 5) is 22.0. The molecule has 4 rings (SSSR count). The molecule has 1 aliphatic heterocycles. The fourth-order valence-corrected chi connectivity index (χ4v) is 5.25. The van der Waals surface area contributed by atoms with Crippen LogP contribution in [0.5, 0.6) is 0 Å². The Labute approximate surface area is 173 Å². The number of carbonyl (C=O) groups is 1. The third-order valence-corrected chi connectivity index (χ3v) is 7.12. The Hall–Kier alpha value is -2.09. The van der Waals surface area contributed by atoms with Gasteiger partial charge in [0.2, 0.25) is 5.91 Å². The van der Waals surface area contributed by atoms with Gasteiger partial charge in [0.25, 0.3) is 0 Å². The number of amides is 1. The lowest BCUT2D eigenvalue weighted by atomic mass is 10.2. The predicted octanol–water partition coefficient (Wildman–Crippen LogP) is 4.17. The van der Waals surface area contributed by atoms with Gasteiger partial charge in [0.15, 0.2) is 4.34 Å². The summed E-state index contributed by atoms with van der Waals surface area (Å²) in [5, 5.41) is 3.10. The molecule has 1 fully saturated rings. The molecule has 0 spiro atoms. The standard InChI is InChI=1S/C21H24N4OS2/c1-2-24-11-13-25(14-12-24)18-9-5-3-7-16(18)22-20(26)15-27-21-23-17-8-4-6-10-19(17)28-21/h3-10H,2,11-15H2,1H3,(H,22,26). The average Bonchev–Trinajstić information content (AvgIpc) is 3.16. The number of thiazole rings is 1. The van der Waals surface area contributed by atoms with Crippen LogP contribution in [0.15, 0.2) is 52.9 Å². The summed E-state index contributed by atoms with van der Waals surface area (Å²) in [6, 6.07) is 16.2. The predicted molar refractivity (Wildman–Crippen MR) is 120 cm³/mol. The van der Waals surface area contributed by atoms with Crippen molar-refractivity contribution in [3.8, 4) is 0 Å². The Balaban J connectivity index is 1.38. The normalized spacial score (nSPS) is 15.1. The van der Waals surface area contributed by atoms with Crippen molar-refractivity contribution < 1.29 is 4.79 Å². The van der Waals surface area contributed by atoms with Gasteiger partial charge in [0, 0.05) is 26.2 Å². The van der Waals surface area contributed by atoms with Crippen molar-refractivity contribution in [3.05, 3.63) is 48.5 Å². The number of benzene rings is 2. The Morgan fingerprint density at radius 1 is 1.11 bits per heavy atom. The van der Waals surface area contributed by atoms with Crippen LogP contribution >= 0.6 is 23.1 Å². The molecule has 1 N–H and O–H groups in total. The third-order valence-electron chi connectivity index (χ3n) is 4.94. The Morgan fingerprint density at radius 2 is 1.86 bits per heavy atom. The molecule has 1 saturated heterocycles. The van der Waals surface area contributed by atoms with E-state index in [-0.39, 0.29) is 5.91 Å². The first-order valence-electron chi connectivity index (χ1n) is 9.57. The largest absolute Gasteiger partial charge is 0.367 e. The maximum Gasteiger partial charge on any atom is 0.234 e. The molecule has 7 heteroatoms. The highest BCUT2D eigenvalue weighted by molar-refractivity contribution is 8.01. The van der Waals surface area contributed by atoms with E-state index in [4.69, 9.17) is 0 Å². The molecule has 0 radical (unpaired) electrons. The van der Waals surface area contributed by atoms with Gasteiger partial charge in [-0.3, -0.25) is 4.79 Å². The fraction of sp³-hybridized carbons (Fsp3) is 0.333. The van der Waals surface area contributed by atoms with Gasteiger partial charge in [-0.05, 0) is 30.8 Å². The summed E-state index contributed by atoms with van der Waals surface area (Å²) in [5.41, 5.74) is 2.99. The number of piperazine rings is 1. The first-order chi connectivity index (χ1) is 13.7. The number of carbonyl (C=O) groups excluding carboxylic acids is 1. The Bertz CT molecular complexity index is 917. The lowest BCUT2D eigenvalue weighted by Gasteiger charge is -2.36. The van der Waals surface area contributed by atoms with Gasteiger partial charge in [0.1, 0.15) is 0 Å². The minimum atomic E-state index is 0.00361. The number of aromatic nitrogens is 1. The van der Waals surface area contributed by atoms with Crippen LogP contribution in [0.2, 0.25) is 0 Å². The zero-order chi connectivity index (χ0) is 19.3. The van der Waals surface area contributed by atoms with Crippen molar-refractivity contribution in [3.63, 3.8) is 0 Å². The molecule has 2 aromatic carbocycles. The molecule has 0 bridgehead atoms. The van der Waals surface area contributed by atoms with Gasteiger partial charge in [-0.1, -0.05) is 43.0 Å². The number of thioether (sulfide) groups is 1. The molecular weight excluding hydrogens is 388 g/mol. The van der Waals surface area contributed by atoms with E-state index >= 15 is 0 Å². The summed E-state index contributed by atoms with van der Waals surface area (Å²) >= 11 is 3.13. The number of para-hydroxylation sites is 3. The molecule has 28 heavy (non-hydrogen) atoms. The van der Waals surface area contributed by atoms with Gasteiger partial charge < -0.3 is 15.1 Å². The van der Waals surface area contributed by atoms with E-state index in [1.54, 1.807) is 11.3 Å². The minimum Gasteiger partial charge on any atom is -0.367 e. The second-order valence-corrected chi connectivity index (χ2v) is 8.98.